The molecule has 1 fully saturated rings. The fourth-order valence-electron chi connectivity index (χ4n) is 3.48. The van der Waals surface area contributed by atoms with Gasteiger partial charge in [0, 0.05) is 0 Å². The molecule has 0 bridgehead atoms. The van der Waals surface area contributed by atoms with Gasteiger partial charge in [-0.2, -0.15) is 0 Å². The van der Waals surface area contributed by atoms with E-state index in [9.17, 15) is 4.79 Å². The molecular weight excluding hydrogens is 450 g/mol. The second-order valence-electron chi connectivity index (χ2n) is 7.81. The summed E-state index contributed by atoms with van der Waals surface area (Å²) in [6.45, 7) is 5.22. The van der Waals surface area contributed by atoms with Gasteiger partial charge < -0.3 is 9.47 Å². The number of anilines is 1. The number of hydrogen-bond donors (Lipinski definition) is 0. The van der Waals surface area contributed by atoms with Gasteiger partial charge in [0.25, 0.3) is 5.91 Å². The number of amides is 1. The Bertz CT molecular complexity index is 1160. The van der Waals surface area contributed by atoms with Crippen molar-refractivity contribution in [1.29, 1.82) is 0 Å². The third-order valence-corrected chi connectivity index (χ3v) is 6.44. The minimum Gasteiger partial charge on any atom is -0.490 e. The molecule has 3 aromatic carbocycles. The van der Waals surface area contributed by atoms with Crippen molar-refractivity contribution in [3.05, 3.63) is 94.9 Å². The van der Waals surface area contributed by atoms with Gasteiger partial charge in [-0.05, 0) is 53.5 Å². The van der Waals surface area contributed by atoms with E-state index in [-0.39, 0.29) is 5.91 Å². The average molecular weight is 476 g/mol. The van der Waals surface area contributed by atoms with E-state index in [1.807, 2.05) is 78.9 Å². The summed E-state index contributed by atoms with van der Waals surface area (Å²) in [6, 6.07) is 25.2. The van der Waals surface area contributed by atoms with E-state index in [0.717, 1.165) is 22.7 Å². The SMILES string of the molecule is CC(C)c1ccccc1OCCOc1ccc(C=C2SC(=S)N(c3ccccc3)C2=O)cc1. The lowest BCUT2D eigenvalue weighted by Gasteiger charge is -2.14. The van der Waals surface area contributed by atoms with Crippen LogP contribution in [0.25, 0.3) is 6.08 Å². The predicted octanol–water partition coefficient (Wildman–Crippen LogP) is 6.67. The van der Waals surface area contributed by atoms with Crippen molar-refractivity contribution in [2.45, 2.75) is 19.8 Å². The van der Waals surface area contributed by atoms with Crippen molar-refractivity contribution < 1.29 is 14.3 Å². The summed E-state index contributed by atoms with van der Waals surface area (Å²) in [6.07, 6.45) is 1.86. The summed E-state index contributed by atoms with van der Waals surface area (Å²) in [5.74, 6) is 1.96. The summed E-state index contributed by atoms with van der Waals surface area (Å²) < 4.78 is 12.3. The number of thiocarbonyl (C=S) groups is 1. The maximum atomic E-state index is 12.9. The van der Waals surface area contributed by atoms with Gasteiger partial charge in [-0.1, -0.05) is 86.4 Å². The molecule has 0 aromatic heterocycles. The van der Waals surface area contributed by atoms with Crippen LogP contribution in [0, 0.1) is 0 Å². The molecule has 33 heavy (non-hydrogen) atoms. The fourth-order valence-corrected chi connectivity index (χ4v) is 4.78. The zero-order chi connectivity index (χ0) is 23.2. The number of thioether (sulfide) groups is 1. The van der Waals surface area contributed by atoms with Crippen LogP contribution in [-0.2, 0) is 4.79 Å². The first-order valence-electron chi connectivity index (χ1n) is 10.8. The summed E-state index contributed by atoms with van der Waals surface area (Å²) >= 11 is 6.74. The second-order valence-corrected chi connectivity index (χ2v) is 9.49. The number of benzene rings is 3. The lowest BCUT2D eigenvalue weighted by molar-refractivity contribution is -0.113. The van der Waals surface area contributed by atoms with E-state index in [0.29, 0.717) is 28.4 Å². The molecule has 0 spiro atoms. The van der Waals surface area contributed by atoms with Crippen LogP contribution in [0.4, 0.5) is 5.69 Å². The maximum absolute atomic E-state index is 12.9. The minimum absolute atomic E-state index is 0.102. The molecule has 4 nitrogen and oxygen atoms in total. The monoisotopic (exact) mass is 475 g/mol. The predicted molar refractivity (Wildman–Crippen MR) is 140 cm³/mol. The van der Waals surface area contributed by atoms with Crippen molar-refractivity contribution in [2.24, 2.45) is 0 Å². The molecule has 1 aliphatic heterocycles. The molecule has 1 saturated heterocycles. The summed E-state index contributed by atoms with van der Waals surface area (Å²) in [5, 5.41) is 0. The number of carbonyl (C=O) groups is 1. The van der Waals surface area contributed by atoms with Crippen LogP contribution in [0.2, 0.25) is 0 Å². The van der Waals surface area contributed by atoms with Gasteiger partial charge in [-0.3, -0.25) is 9.69 Å². The third-order valence-electron chi connectivity index (χ3n) is 5.14. The van der Waals surface area contributed by atoms with Gasteiger partial charge in [-0.25, -0.2) is 0 Å². The molecule has 168 valence electrons. The summed E-state index contributed by atoms with van der Waals surface area (Å²) in [7, 11) is 0. The molecule has 3 aromatic rings. The second kappa shape index (κ2) is 10.7. The number of hydrogen-bond acceptors (Lipinski definition) is 5. The molecular formula is C27H25NO3S2. The molecule has 1 amide bonds. The normalized spacial score (nSPS) is 14.9. The number of carbonyl (C=O) groups excluding carboxylic acids is 1. The molecule has 6 heteroatoms. The first kappa shape index (κ1) is 23.1. The highest BCUT2D eigenvalue weighted by molar-refractivity contribution is 8.27. The Balaban J connectivity index is 1.33. The Morgan fingerprint density at radius 2 is 1.58 bits per heavy atom. The van der Waals surface area contributed by atoms with E-state index in [1.54, 1.807) is 4.90 Å². The van der Waals surface area contributed by atoms with Gasteiger partial charge in [0.05, 0.1) is 10.6 Å². The molecule has 0 radical (unpaired) electrons. The molecule has 0 atom stereocenters. The van der Waals surface area contributed by atoms with Crippen LogP contribution in [-0.4, -0.2) is 23.4 Å². The van der Waals surface area contributed by atoms with Gasteiger partial charge in [0.15, 0.2) is 4.32 Å². The van der Waals surface area contributed by atoms with Crippen molar-refractivity contribution in [3.8, 4) is 11.5 Å². The number of rotatable bonds is 8. The van der Waals surface area contributed by atoms with Gasteiger partial charge in [0.2, 0.25) is 0 Å². The van der Waals surface area contributed by atoms with E-state index in [2.05, 4.69) is 19.9 Å². The molecule has 0 unspecified atom stereocenters. The lowest BCUT2D eigenvalue weighted by atomic mass is 10.0. The highest BCUT2D eigenvalue weighted by Gasteiger charge is 2.33. The Kier molecular flexibility index (Phi) is 7.47. The first-order valence-corrected chi connectivity index (χ1v) is 12.0. The standard InChI is InChI=1S/C27H25NO3S2/c1-19(2)23-10-6-7-11-24(23)31-17-16-30-22-14-12-20(13-15-22)18-25-26(29)28(27(32)33-25)21-8-4-3-5-9-21/h3-15,18-19H,16-17H2,1-2H3. The molecule has 1 heterocycles. The van der Waals surface area contributed by atoms with Crippen LogP contribution in [0.1, 0.15) is 30.9 Å². The Hall–Kier alpha value is -3.09. The van der Waals surface area contributed by atoms with Gasteiger partial charge in [-0.15, -0.1) is 0 Å². The molecule has 4 rings (SSSR count). The van der Waals surface area contributed by atoms with Crippen LogP contribution in [0.3, 0.4) is 0 Å². The smallest absolute Gasteiger partial charge is 0.270 e. The summed E-state index contributed by atoms with van der Waals surface area (Å²) in [4.78, 5) is 15.0. The van der Waals surface area contributed by atoms with Crippen molar-refractivity contribution in [3.63, 3.8) is 0 Å². The number of ether oxygens (including phenoxy) is 2. The lowest BCUT2D eigenvalue weighted by Crippen LogP contribution is -2.27. The maximum Gasteiger partial charge on any atom is 0.270 e. The van der Waals surface area contributed by atoms with Crippen LogP contribution < -0.4 is 14.4 Å². The highest BCUT2D eigenvalue weighted by atomic mass is 32.2. The Labute approximate surface area is 204 Å². The van der Waals surface area contributed by atoms with Crippen molar-refractivity contribution >= 4 is 46.0 Å². The van der Waals surface area contributed by atoms with E-state index in [4.69, 9.17) is 21.7 Å². The Morgan fingerprint density at radius 1 is 0.909 bits per heavy atom. The van der Waals surface area contributed by atoms with Gasteiger partial charge >= 0.3 is 0 Å². The first-order chi connectivity index (χ1) is 16.0. The zero-order valence-electron chi connectivity index (χ0n) is 18.6. The molecule has 1 aliphatic rings. The van der Waals surface area contributed by atoms with E-state index < -0.39 is 0 Å². The van der Waals surface area contributed by atoms with Crippen LogP contribution in [0.15, 0.2) is 83.8 Å². The van der Waals surface area contributed by atoms with Crippen LogP contribution >= 0.6 is 24.0 Å². The minimum atomic E-state index is -0.102. The third kappa shape index (κ3) is 5.64. The molecule has 0 aliphatic carbocycles. The van der Waals surface area contributed by atoms with Crippen molar-refractivity contribution in [1.82, 2.24) is 0 Å². The largest absolute Gasteiger partial charge is 0.490 e. The fraction of sp³-hybridized carbons (Fsp3) is 0.185. The molecule has 0 N–H and O–H groups in total. The van der Waals surface area contributed by atoms with E-state index in [1.165, 1.54) is 17.3 Å². The topological polar surface area (TPSA) is 38.8 Å². The number of para-hydroxylation sites is 2. The van der Waals surface area contributed by atoms with Crippen LogP contribution in [0.5, 0.6) is 11.5 Å². The zero-order valence-corrected chi connectivity index (χ0v) is 20.2. The molecule has 0 saturated carbocycles. The van der Waals surface area contributed by atoms with E-state index >= 15 is 0 Å². The quantitative estimate of drug-likeness (QED) is 0.207. The highest BCUT2D eigenvalue weighted by Crippen LogP contribution is 2.36. The van der Waals surface area contributed by atoms with Gasteiger partial charge in [0.1, 0.15) is 24.7 Å². The average Bonchev–Trinajstić information content (AvgIpc) is 3.11. The van der Waals surface area contributed by atoms with Crippen molar-refractivity contribution in [2.75, 3.05) is 18.1 Å². The Morgan fingerprint density at radius 3 is 2.30 bits per heavy atom. The summed E-state index contributed by atoms with van der Waals surface area (Å²) in [5.41, 5.74) is 2.89. The number of nitrogens with zero attached hydrogens (tertiary/aromatic N) is 1.